The third kappa shape index (κ3) is 4.51. The molecule has 0 bridgehead atoms. The number of carbonyl (C=O) groups is 1. The second-order valence-corrected chi connectivity index (χ2v) is 10.1. The number of benzene rings is 2. The molecule has 1 amide bonds. The van der Waals surface area contributed by atoms with E-state index in [1.165, 1.54) is 21.7 Å². The van der Waals surface area contributed by atoms with Gasteiger partial charge in [-0.05, 0) is 55.2 Å². The summed E-state index contributed by atoms with van der Waals surface area (Å²) in [5.74, 6) is -0.851. The van der Waals surface area contributed by atoms with Crippen LogP contribution in [0.3, 0.4) is 0 Å². The fourth-order valence-electron chi connectivity index (χ4n) is 3.86. The number of nitrogens with one attached hydrogen (secondary N) is 1. The molecule has 0 unspecified atom stereocenters. The Kier molecular flexibility index (Phi) is 6.49. The van der Waals surface area contributed by atoms with Crippen molar-refractivity contribution in [2.24, 2.45) is 5.10 Å². The van der Waals surface area contributed by atoms with Gasteiger partial charge in [0.2, 0.25) is 0 Å². The zero-order chi connectivity index (χ0) is 23.7. The van der Waals surface area contributed by atoms with Crippen LogP contribution in [0.5, 0.6) is 0 Å². The van der Waals surface area contributed by atoms with Crippen molar-refractivity contribution in [3.63, 3.8) is 0 Å². The first-order valence-corrected chi connectivity index (χ1v) is 12.7. The van der Waals surface area contributed by atoms with E-state index in [9.17, 15) is 14.0 Å². The summed E-state index contributed by atoms with van der Waals surface area (Å²) in [6.45, 7) is 0. The Hall–Kier alpha value is -3.01. The minimum atomic E-state index is -0.429. The third-order valence-electron chi connectivity index (χ3n) is 5.42. The molecule has 0 fully saturated rings. The van der Waals surface area contributed by atoms with Crippen LogP contribution in [0.15, 0.2) is 63.6 Å². The molecular formula is C24H18ClFN4O2S2. The minimum Gasteiger partial charge on any atom is -0.272 e. The Morgan fingerprint density at radius 2 is 2.03 bits per heavy atom. The van der Waals surface area contributed by atoms with Crippen molar-refractivity contribution in [3.8, 4) is 5.69 Å². The number of rotatable bonds is 6. The molecule has 6 nitrogen and oxygen atoms in total. The van der Waals surface area contributed by atoms with Crippen LogP contribution < -0.4 is 11.0 Å². The maximum atomic E-state index is 13.7. The van der Waals surface area contributed by atoms with Crippen LogP contribution in [0.2, 0.25) is 5.02 Å². The number of hydrazone groups is 1. The molecular weight excluding hydrogens is 495 g/mol. The van der Waals surface area contributed by atoms with Gasteiger partial charge in [-0.3, -0.25) is 14.2 Å². The molecule has 2 heterocycles. The maximum absolute atomic E-state index is 13.7. The highest BCUT2D eigenvalue weighted by molar-refractivity contribution is 7.99. The molecule has 1 aliphatic rings. The fraction of sp³-hybridized carbons (Fsp3) is 0.167. The molecule has 0 aliphatic heterocycles. The summed E-state index contributed by atoms with van der Waals surface area (Å²) < 4.78 is 15.2. The number of halogens is 2. The average Bonchev–Trinajstić information content (AvgIpc) is 3.41. The van der Waals surface area contributed by atoms with Gasteiger partial charge in [-0.15, -0.1) is 11.3 Å². The Morgan fingerprint density at radius 1 is 1.24 bits per heavy atom. The van der Waals surface area contributed by atoms with E-state index in [1.54, 1.807) is 53.8 Å². The van der Waals surface area contributed by atoms with E-state index < -0.39 is 11.7 Å². The van der Waals surface area contributed by atoms with Crippen LogP contribution in [-0.4, -0.2) is 27.4 Å². The lowest BCUT2D eigenvalue weighted by Gasteiger charge is -2.12. The number of hydrogen-bond acceptors (Lipinski definition) is 6. The van der Waals surface area contributed by atoms with Crippen molar-refractivity contribution >= 4 is 57.0 Å². The minimum absolute atomic E-state index is 0.0226. The molecule has 172 valence electrons. The Morgan fingerprint density at radius 3 is 2.82 bits per heavy atom. The Balaban J connectivity index is 1.42. The second-order valence-electron chi connectivity index (χ2n) is 7.65. The van der Waals surface area contributed by atoms with E-state index in [1.807, 2.05) is 0 Å². The summed E-state index contributed by atoms with van der Waals surface area (Å²) in [6.07, 6.45) is 4.13. The van der Waals surface area contributed by atoms with E-state index in [4.69, 9.17) is 16.6 Å². The molecule has 0 atom stereocenters. The lowest BCUT2D eigenvalue weighted by molar-refractivity contribution is -0.118. The highest BCUT2D eigenvalue weighted by Crippen LogP contribution is 2.36. The van der Waals surface area contributed by atoms with Crippen LogP contribution in [0.4, 0.5) is 4.39 Å². The summed E-state index contributed by atoms with van der Waals surface area (Å²) in [5.41, 5.74) is 4.24. The van der Waals surface area contributed by atoms with Gasteiger partial charge in [-0.1, -0.05) is 41.6 Å². The van der Waals surface area contributed by atoms with Crippen molar-refractivity contribution in [2.45, 2.75) is 24.4 Å². The molecule has 0 radical (unpaired) electrons. The predicted molar refractivity (Wildman–Crippen MR) is 135 cm³/mol. The number of carbonyl (C=O) groups excluding carboxylic acids is 1. The standard InChI is InChI=1S/C24H18ClFN4O2S2/c25-15-8-10-16(11-9-15)30-23(32)21-17-5-3-7-19(17)34-22(21)28-24(30)33-13-20(31)29-27-12-14-4-1-2-6-18(14)26/h1-2,4,6,8-12H,3,5,7,13H2,(H,29,31). The fourth-order valence-corrected chi connectivity index (χ4v) is 6.09. The van der Waals surface area contributed by atoms with Crippen molar-refractivity contribution in [1.29, 1.82) is 0 Å². The number of thioether (sulfide) groups is 1. The van der Waals surface area contributed by atoms with Gasteiger partial charge in [0.25, 0.3) is 11.5 Å². The molecule has 1 aliphatic carbocycles. The highest BCUT2D eigenvalue weighted by atomic mass is 35.5. The molecule has 5 rings (SSSR count). The monoisotopic (exact) mass is 512 g/mol. The quantitative estimate of drug-likeness (QED) is 0.171. The zero-order valence-corrected chi connectivity index (χ0v) is 20.1. The molecule has 0 spiro atoms. The van der Waals surface area contributed by atoms with Gasteiger partial charge in [0.1, 0.15) is 10.6 Å². The summed E-state index contributed by atoms with van der Waals surface area (Å²) in [7, 11) is 0. The molecule has 1 N–H and O–H groups in total. The van der Waals surface area contributed by atoms with Crippen LogP contribution >= 0.6 is 34.7 Å². The number of aromatic nitrogens is 2. The smallest absolute Gasteiger partial charge is 0.267 e. The summed E-state index contributed by atoms with van der Waals surface area (Å²) in [5, 5.41) is 5.46. The molecule has 34 heavy (non-hydrogen) atoms. The number of thiophene rings is 1. The number of nitrogens with zero attached hydrogens (tertiary/aromatic N) is 3. The van der Waals surface area contributed by atoms with Crippen molar-refractivity contribution in [3.05, 3.63) is 85.7 Å². The van der Waals surface area contributed by atoms with Crippen molar-refractivity contribution < 1.29 is 9.18 Å². The first-order valence-electron chi connectivity index (χ1n) is 10.5. The maximum Gasteiger partial charge on any atom is 0.267 e. The van der Waals surface area contributed by atoms with E-state index in [2.05, 4.69) is 10.5 Å². The van der Waals surface area contributed by atoms with Crippen LogP contribution in [-0.2, 0) is 17.6 Å². The first-order chi connectivity index (χ1) is 16.5. The predicted octanol–water partition coefficient (Wildman–Crippen LogP) is 4.97. The molecule has 2 aromatic carbocycles. The Labute approximate surface area is 207 Å². The molecule has 2 aromatic heterocycles. The summed E-state index contributed by atoms with van der Waals surface area (Å²) in [4.78, 5) is 32.6. The SMILES string of the molecule is O=C(CSc1nc2sc3c(c2c(=O)n1-c1ccc(Cl)cc1)CCC3)NN=Cc1ccccc1F. The summed E-state index contributed by atoms with van der Waals surface area (Å²) >= 11 is 8.73. The molecule has 0 saturated heterocycles. The van der Waals surface area contributed by atoms with Crippen LogP contribution in [0.25, 0.3) is 15.9 Å². The molecule has 10 heteroatoms. The first kappa shape index (κ1) is 22.8. The Bertz CT molecular complexity index is 1480. The van der Waals surface area contributed by atoms with Gasteiger partial charge in [0.15, 0.2) is 5.16 Å². The van der Waals surface area contributed by atoms with E-state index >= 15 is 0 Å². The topological polar surface area (TPSA) is 76.3 Å². The lowest BCUT2D eigenvalue weighted by Crippen LogP contribution is -2.24. The van der Waals surface area contributed by atoms with E-state index in [-0.39, 0.29) is 16.9 Å². The van der Waals surface area contributed by atoms with Gasteiger partial charge in [0, 0.05) is 15.5 Å². The van der Waals surface area contributed by atoms with E-state index in [0.717, 1.165) is 36.6 Å². The van der Waals surface area contributed by atoms with Gasteiger partial charge < -0.3 is 0 Å². The van der Waals surface area contributed by atoms with Gasteiger partial charge in [0.05, 0.1) is 23.0 Å². The molecule has 4 aromatic rings. The number of fused-ring (bicyclic) bond motifs is 3. The van der Waals surface area contributed by atoms with Crippen LogP contribution in [0.1, 0.15) is 22.4 Å². The van der Waals surface area contributed by atoms with E-state index in [0.29, 0.717) is 26.1 Å². The summed E-state index contributed by atoms with van der Waals surface area (Å²) in [6, 6.07) is 13.1. The lowest BCUT2D eigenvalue weighted by atomic mass is 10.2. The largest absolute Gasteiger partial charge is 0.272 e. The van der Waals surface area contributed by atoms with Gasteiger partial charge >= 0.3 is 0 Å². The van der Waals surface area contributed by atoms with Crippen LogP contribution in [0, 0.1) is 5.82 Å². The number of aryl methyl sites for hydroxylation is 2. The molecule has 0 saturated carbocycles. The van der Waals surface area contributed by atoms with Crippen molar-refractivity contribution in [2.75, 3.05) is 5.75 Å². The second kappa shape index (κ2) is 9.69. The van der Waals surface area contributed by atoms with Gasteiger partial charge in [-0.2, -0.15) is 5.10 Å². The van der Waals surface area contributed by atoms with Gasteiger partial charge in [-0.25, -0.2) is 14.8 Å². The highest BCUT2D eigenvalue weighted by Gasteiger charge is 2.24. The third-order valence-corrected chi connectivity index (χ3v) is 7.80. The van der Waals surface area contributed by atoms with Crippen molar-refractivity contribution in [1.82, 2.24) is 15.0 Å². The zero-order valence-electron chi connectivity index (χ0n) is 17.8. The normalized spacial score (nSPS) is 13.0. The number of amides is 1. The number of hydrogen-bond donors (Lipinski definition) is 1. The average molecular weight is 513 g/mol.